The van der Waals surface area contributed by atoms with Gasteiger partial charge in [0.1, 0.15) is 11.9 Å². The lowest BCUT2D eigenvalue weighted by Crippen LogP contribution is -2.46. The molecule has 0 N–H and O–H groups in total. The van der Waals surface area contributed by atoms with Crippen LogP contribution in [0.15, 0.2) is 40.1 Å². The van der Waals surface area contributed by atoms with Crippen molar-refractivity contribution in [3.8, 4) is 5.75 Å². The van der Waals surface area contributed by atoms with Gasteiger partial charge in [0, 0.05) is 39.8 Å². The summed E-state index contributed by atoms with van der Waals surface area (Å²) >= 11 is 0. The summed E-state index contributed by atoms with van der Waals surface area (Å²) in [6, 6.07) is 8.27. The zero-order valence-corrected chi connectivity index (χ0v) is 17.4. The van der Waals surface area contributed by atoms with E-state index in [1.807, 2.05) is 12.1 Å². The number of anilines is 1. The molecule has 158 valence electrons. The Morgan fingerprint density at radius 2 is 1.76 bits per heavy atom. The summed E-state index contributed by atoms with van der Waals surface area (Å²) in [6.45, 7) is 8.39. The number of unbranched alkanes of at least 4 members (excludes halogenated alkanes) is 1. The number of aromatic nitrogens is 3. The zero-order chi connectivity index (χ0) is 20.6. The van der Waals surface area contributed by atoms with Crippen LogP contribution in [0, 0.1) is 0 Å². The molecule has 1 aliphatic heterocycles. The first kappa shape index (κ1) is 21.1. The van der Waals surface area contributed by atoms with Crippen molar-refractivity contribution in [2.45, 2.75) is 32.7 Å². The van der Waals surface area contributed by atoms with Crippen molar-refractivity contribution < 1.29 is 4.74 Å². The maximum atomic E-state index is 12.0. The molecule has 29 heavy (non-hydrogen) atoms. The number of benzene rings is 1. The third kappa shape index (κ3) is 5.47. The van der Waals surface area contributed by atoms with Crippen molar-refractivity contribution in [1.82, 2.24) is 19.2 Å². The van der Waals surface area contributed by atoms with Crippen LogP contribution in [0.2, 0.25) is 0 Å². The van der Waals surface area contributed by atoms with E-state index in [1.54, 1.807) is 0 Å². The highest BCUT2D eigenvalue weighted by molar-refractivity contribution is 5.58. The second-order valence-corrected chi connectivity index (χ2v) is 7.40. The van der Waals surface area contributed by atoms with E-state index in [1.165, 1.54) is 23.6 Å². The normalized spacial score (nSPS) is 14.9. The second-order valence-electron chi connectivity index (χ2n) is 7.40. The van der Waals surface area contributed by atoms with Crippen LogP contribution >= 0.6 is 0 Å². The fourth-order valence-corrected chi connectivity index (χ4v) is 3.54. The predicted molar refractivity (Wildman–Crippen MR) is 114 cm³/mol. The minimum atomic E-state index is -0.370. The Morgan fingerprint density at radius 1 is 1.03 bits per heavy atom. The van der Waals surface area contributed by atoms with Gasteiger partial charge in [0.05, 0.1) is 12.3 Å². The first-order valence-corrected chi connectivity index (χ1v) is 10.4. The maximum Gasteiger partial charge on any atom is 0.347 e. The highest BCUT2D eigenvalue weighted by atomic mass is 16.5. The van der Waals surface area contributed by atoms with Crippen LogP contribution in [-0.2, 0) is 13.6 Å². The summed E-state index contributed by atoms with van der Waals surface area (Å²) in [5.41, 5.74) is 0.460. The van der Waals surface area contributed by atoms with Gasteiger partial charge >= 0.3 is 5.69 Å². The third-order valence-corrected chi connectivity index (χ3v) is 5.28. The maximum absolute atomic E-state index is 12.0. The molecule has 1 saturated heterocycles. The molecule has 0 atom stereocenters. The van der Waals surface area contributed by atoms with E-state index in [4.69, 9.17) is 4.74 Å². The van der Waals surface area contributed by atoms with Crippen LogP contribution in [0.1, 0.15) is 26.2 Å². The van der Waals surface area contributed by atoms with E-state index >= 15 is 0 Å². The number of nitrogens with zero attached hydrogens (tertiary/aromatic N) is 5. The molecule has 0 spiro atoms. The molecule has 0 amide bonds. The SMILES string of the molecule is CCCOc1ccccc1N1CCN(CCCCn2ncc(=O)n(C)c2=O)CC1. The van der Waals surface area contributed by atoms with Gasteiger partial charge in [-0.3, -0.25) is 14.3 Å². The van der Waals surface area contributed by atoms with Gasteiger partial charge in [-0.2, -0.15) is 5.10 Å². The van der Waals surface area contributed by atoms with Crippen molar-refractivity contribution in [2.24, 2.45) is 7.05 Å². The van der Waals surface area contributed by atoms with Gasteiger partial charge in [-0.15, -0.1) is 0 Å². The fraction of sp³-hybridized carbons (Fsp3) is 0.571. The lowest BCUT2D eigenvalue weighted by Gasteiger charge is -2.36. The first-order chi connectivity index (χ1) is 14.1. The van der Waals surface area contributed by atoms with Crippen molar-refractivity contribution in [3.05, 3.63) is 51.3 Å². The number of ether oxygens (including phenoxy) is 1. The van der Waals surface area contributed by atoms with Gasteiger partial charge in [0.15, 0.2) is 0 Å². The molecule has 0 radical (unpaired) electrons. The van der Waals surface area contributed by atoms with Crippen molar-refractivity contribution in [3.63, 3.8) is 0 Å². The van der Waals surface area contributed by atoms with E-state index in [0.29, 0.717) is 6.54 Å². The Kier molecular flexibility index (Phi) is 7.46. The molecule has 0 unspecified atom stereocenters. The molecule has 0 bridgehead atoms. The molecule has 2 aromatic rings. The highest BCUT2D eigenvalue weighted by Crippen LogP contribution is 2.29. The molecule has 2 heterocycles. The summed E-state index contributed by atoms with van der Waals surface area (Å²) in [7, 11) is 1.48. The number of rotatable bonds is 9. The molecule has 1 aromatic carbocycles. The van der Waals surface area contributed by atoms with Crippen LogP contribution in [0.5, 0.6) is 5.75 Å². The lowest BCUT2D eigenvalue weighted by atomic mass is 10.2. The molecule has 3 rings (SSSR count). The summed E-state index contributed by atoms with van der Waals surface area (Å²) in [4.78, 5) is 28.2. The average molecular weight is 402 g/mol. The minimum Gasteiger partial charge on any atom is -0.491 e. The van der Waals surface area contributed by atoms with Crippen LogP contribution in [0.25, 0.3) is 0 Å². The smallest absolute Gasteiger partial charge is 0.347 e. The van der Waals surface area contributed by atoms with Gasteiger partial charge in [0.25, 0.3) is 5.56 Å². The van der Waals surface area contributed by atoms with Gasteiger partial charge in [0.2, 0.25) is 0 Å². The van der Waals surface area contributed by atoms with Crippen molar-refractivity contribution >= 4 is 5.69 Å². The lowest BCUT2D eigenvalue weighted by molar-refractivity contribution is 0.248. The van der Waals surface area contributed by atoms with Crippen LogP contribution in [-0.4, -0.2) is 58.6 Å². The molecule has 0 aliphatic carbocycles. The average Bonchev–Trinajstić information content (AvgIpc) is 2.75. The van der Waals surface area contributed by atoms with E-state index in [-0.39, 0.29) is 11.2 Å². The third-order valence-electron chi connectivity index (χ3n) is 5.28. The Labute approximate surface area is 171 Å². The fourth-order valence-electron chi connectivity index (χ4n) is 3.54. The summed E-state index contributed by atoms with van der Waals surface area (Å²) in [5, 5.41) is 3.93. The zero-order valence-electron chi connectivity index (χ0n) is 17.4. The molecule has 1 aliphatic rings. The number of para-hydroxylation sites is 2. The summed E-state index contributed by atoms with van der Waals surface area (Å²) < 4.78 is 8.36. The quantitative estimate of drug-likeness (QED) is 0.591. The summed E-state index contributed by atoms with van der Waals surface area (Å²) in [5.74, 6) is 0.970. The predicted octanol–water partition coefficient (Wildman–Crippen LogP) is 1.33. The molecule has 8 nitrogen and oxygen atoms in total. The number of hydrogen-bond acceptors (Lipinski definition) is 6. The van der Waals surface area contributed by atoms with Crippen molar-refractivity contribution in [2.75, 3.05) is 44.2 Å². The first-order valence-electron chi connectivity index (χ1n) is 10.4. The standard InChI is InChI=1S/C21H31N5O3/c1-3-16-29-19-9-5-4-8-18(19)25-14-12-24(13-15-25)10-6-7-11-26-21(28)23(2)20(27)17-22-26/h4-5,8-9,17H,3,6-7,10-16H2,1-2H3. The van der Waals surface area contributed by atoms with Gasteiger partial charge in [-0.1, -0.05) is 19.1 Å². The van der Waals surface area contributed by atoms with Crippen LogP contribution < -0.4 is 20.9 Å². The Balaban J connectivity index is 1.43. The van der Waals surface area contributed by atoms with E-state index < -0.39 is 0 Å². The summed E-state index contributed by atoms with van der Waals surface area (Å²) in [6.07, 6.45) is 4.05. The molecular weight excluding hydrogens is 370 g/mol. The molecule has 0 saturated carbocycles. The van der Waals surface area contributed by atoms with E-state index in [9.17, 15) is 9.59 Å². The van der Waals surface area contributed by atoms with Gasteiger partial charge < -0.3 is 9.64 Å². The highest BCUT2D eigenvalue weighted by Gasteiger charge is 2.19. The Bertz CT molecular complexity index is 900. The minimum absolute atomic E-state index is 0.352. The molecule has 1 aromatic heterocycles. The van der Waals surface area contributed by atoms with E-state index in [0.717, 1.165) is 68.9 Å². The largest absolute Gasteiger partial charge is 0.491 e. The number of hydrogen-bond donors (Lipinski definition) is 0. The van der Waals surface area contributed by atoms with E-state index in [2.05, 4.69) is 34.0 Å². The Morgan fingerprint density at radius 3 is 2.52 bits per heavy atom. The second kappa shape index (κ2) is 10.2. The van der Waals surface area contributed by atoms with Crippen molar-refractivity contribution in [1.29, 1.82) is 0 Å². The molecular formula is C21H31N5O3. The Hall–Kier alpha value is -2.61. The molecule has 8 heteroatoms. The van der Waals surface area contributed by atoms with Crippen LogP contribution in [0.4, 0.5) is 5.69 Å². The molecule has 1 fully saturated rings. The monoisotopic (exact) mass is 401 g/mol. The number of piperazine rings is 1. The van der Waals surface area contributed by atoms with Crippen LogP contribution in [0.3, 0.4) is 0 Å². The topological polar surface area (TPSA) is 72.6 Å². The van der Waals surface area contributed by atoms with Gasteiger partial charge in [-0.05, 0) is 37.9 Å². The van der Waals surface area contributed by atoms with Gasteiger partial charge in [-0.25, -0.2) is 9.48 Å². The number of aryl methyl sites for hydroxylation is 1.